The standard InChI is InChI=1S/C26H33F5NO3PS/c27-22-9-2-1-8-20(22)25(10-3-4-11-25)12-5-6-15-37-24-17-23(28)19(16-21(24)26(29,30)31)18-32-13-7-14-35-36(33)34/h1-2,8-9,16-17,32,36H,3-7,10-15,18H2,(H,33,34). The fourth-order valence-electron chi connectivity index (χ4n) is 5.00. The average Bonchev–Trinajstić information content (AvgIpc) is 3.31. The quantitative estimate of drug-likeness (QED) is 0.107. The molecule has 2 aromatic carbocycles. The van der Waals surface area contributed by atoms with Gasteiger partial charge in [0, 0.05) is 17.0 Å². The van der Waals surface area contributed by atoms with Crippen molar-refractivity contribution >= 4 is 20.0 Å². The second-order valence-electron chi connectivity index (χ2n) is 9.36. The molecule has 2 aromatic rings. The number of thioether (sulfide) groups is 1. The summed E-state index contributed by atoms with van der Waals surface area (Å²) in [5.74, 6) is -0.514. The van der Waals surface area contributed by atoms with E-state index in [0.717, 1.165) is 68.0 Å². The van der Waals surface area contributed by atoms with Gasteiger partial charge in [-0.05, 0) is 73.6 Å². The molecule has 0 saturated heterocycles. The van der Waals surface area contributed by atoms with Crippen LogP contribution in [0.25, 0.3) is 0 Å². The lowest BCUT2D eigenvalue weighted by Gasteiger charge is -2.30. The first-order valence-corrected chi connectivity index (χ1v) is 14.7. The van der Waals surface area contributed by atoms with E-state index in [0.29, 0.717) is 25.1 Å². The van der Waals surface area contributed by atoms with Gasteiger partial charge in [-0.15, -0.1) is 11.8 Å². The van der Waals surface area contributed by atoms with Crippen molar-refractivity contribution in [3.8, 4) is 0 Å². The molecule has 0 bridgehead atoms. The monoisotopic (exact) mass is 565 g/mol. The van der Waals surface area contributed by atoms with Gasteiger partial charge in [0.05, 0.1) is 12.2 Å². The highest BCUT2D eigenvalue weighted by Crippen LogP contribution is 2.46. The first kappa shape index (κ1) is 30.1. The summed E-state index contributed by atoms with van der Waals surface area (Å²) in [4.78, 5) is 8.46. The molecule has 1 saturated carbocycles. The molecule has 4 nitrogen and oxygen atoms in total. The Kier molecular flexibility index (Phi) is 11.5. The Morgan fingerprint density at radius 1 is 1.05 bits per heavy atom. The average molecular weight is 566 g/mol. The van der Waals surface area contributed by atoms with Crippen LogP contribution >= 0.6 is 20.0 Å². The largest absolute Gasteiger partial charge is 0.417 e. The van der Waals surface area contributed by atoms with E-state index < -0.39 is 25.8 Å². The zero-order valence-corrected chi connectivity index (χ0v) is 22.3. The molecular weight excluding hydrogens is 532 g/mol. The molecule has 1 fully saturated rings. The smallest absolute Gasteiger partial charge is 0.326 e. The predicted octanol–water partition coefficient (Wildman–Crippen LogP) is 7.64. The number of unbranched alkanes of at least 4 members (excludes halogenated alkanes) is 1. The van der Waals surface area contributed by atoms with Gasteiger partial charge in [0.2, 0.25) is 0 Å². The maximum atomic E-state index is 14.6. The number of benzene rings is 2. The number of hydrogen-bond donors (Lipinski definition) is 2. The van der Waals surface area contributed by atoms with Gasteiger partial charge in [-0.3, -0.25) is 4.57 Å². The van der Waals surface area contributed by atoms with E-state index in [4.69, 9.17) is 4.89 Å². The van der Waals surface area contributed by atoms with E-state index >= 15 is 0 Å². The lowest BCUT2D eigenvalue weighted by Crippen LogP contribution is -2.23. The fraction of sp³-hybridized carbons (Fsp3) is 0.538. The zero-order chi connectivity index (χ0) is 26.9. The molecular formula is C26H33F5NO3PS. The van der Waals surface area contributed by atoms with E-state index in [9.17, 15) is 26.5 Å². The minimum Gasteiger partial charge on any atom is -0.326 e. The van der Waals surface area contributed by atoms with Crippen LogP contribution < -0.4 is 5.32 Å². The Morgan fingerprint density at radius 3 is 2.46 bits per heavy atom. The molecule has 0 radical (unpaired) electrons. The third-order valence-electron chi connectivity index (χ3n) is 6.81. The molecule has 0 amide bonds. The van der Waals surface area contributed by atoms with Gasteiger partial charge in [-0.1, -0.05) is 37.5 Å². The first-order valence-electron chi connectivity index (χ1n) is 12.5. The Bertz CT molecular complexity index is 1050. The highest BCUT2D eigenvalue weighted by molar-refractivity contribution is 7.99. The molecule has 1 aliphatic rings. The lowest BCUT2D eigenvalue weighted by molar-refractivity contribution is -0.139. The molecule has 206 valence electrons. The summed E-state index contributed by atoms with van der Waals surface area (Å²) in [6, 6.07) is 8.64. The molecule has 11 heteroatoms. The van der Waals surface area contributed by atoms with Gasteiger partial charge >= 0.3 is 14.4 Å². The molecule has 0 aromatic heterocycles. The summed E-state index contributed by atoms with van der Waals surface area (Å²) in [5, 5.41) is 2.83. The summed E-state index contributed by atoms with van der Waals surface area (Å²) in [6.45, 7) is 0.210. The van der Waals surface area contributed by atoms with Crippen molar-refractivity contribution in [2.24, 2.45) is 0 Å². The third kappa shape index (κ3) is 8.79. The van der Waals surface area contributed by atoms with E-state index in [1.165, 1.54) is 6.07 Å². The summed E-state index contributed by atoms with van der Waals surface area (Å²) in [5.41, 5.74) is -0.434. The van der Waals surface area contributed by atoms with E-state index in [2.05, 4.69) is 9.84 Å². The minimum atomic E-state index is -4.62. The van der Waals surface area contributed by atoms with E-state index in [-0.39, 0.29) is 34.8 Å². The van der Waals surface area contributed by atoms with Gasteiger partial charge in [-0.2, -0.15) is 13.2 Å². The molecule has 1 unspecified atom stereocenters. The molecule has 0 aliphatic heterocycles. The Labute approximate surface area is 219 Å². The fourth-order valence-corrected chi connectivity index (χ4v) is 6.40. The predicted molar refractivity (Wildman–Crippen MR) is 136 cm³/mol. The number of rotatable bonds is 14. The summed E-state index contributed by atoms with van der Waals surface area (Å²) in [6.07, 6.45) is 1.81. The zero-order valence-electron chi connectivity index (χ0n) is 20.5. The topological polar surface area (TPSA) is 58.6 Å². The minimum absolute atomic E-state index is 0.0224. The van der Waals surface area contributed by atoms with Crippen LogP contribution in [0.5, 0.6) is 0 Å². The maximum absolute atomic E-state index is 14.6. The number of halogens is 5. The normalized spacial score (nSPS) is 16.3. The summed E-state index contributed by atoms with van der Waals surface area (Å²) < 4.78 is 85.3. The molecule has 1 atom stereocenters. The summed E-state index contributed by atoms with van der Waals surface area (Å²) in [7, 11) is -3.02. The number of nitrogens with one attached hydrogen (secondary N) is 1. The highest BCUT2D eigenvalue weighted by Gasteiger charge is 2.37. The molecule has 0 spiro atoms. The first-order chi connectivity index (χ1) is 17.6. The number of alkyl halides is 3. The Morgan fingerprint density at radius 2 is 1.78 bits per heavy atom. The van der Waals surface area contributed by atoms with Crippen molar-refractivity contribution in [3.05, 3.63) is 64.7 Å². The van der Waals surface area contributed by atoms with Crippen LogP contribution in [0.1, 0.15) is 68.1 Å². The summed E-state index contributed by atoms with van der Waals surface area (Å²) >= 11 is 0.993. The van der Waals surface area contributed by atoms with Gasteiger partial charge in [0.25, 0.3) is 0 Å². The van der Waals surface area contributed by atoms with Crippen molar-refractivity contribution in [2.75, 3.05) is 18.9 Å². The lowest BCUT2D eigenvalue weighted by atomic mass is 9.75. The van der Waals surface area contributed by atoms with Crippen molar-refractivity contribution in [1.82, 2.24) is 5.32 Å². The van der Waals surface area contributed by atoms with Crippen LogP contribution in [0, 0.1) is 11.6 Å². The van der Waals surface area contributed by atoms with E-state index in [1.807, 2.05) is 12.1 Å². The van der Waals surface area contributed by atoms with E-state index in [1.54, 1.807) is 6.07 Å². The van der Waals surface area contributed by atoms with Gasteiger partial charge < -0.3 is 14.7 Å². The van der Waals surface area contributed by atoms with Crippen molar-refractivity contribution < 1.29 is 35.9 Å². The van der Waals surface area contributed by atoms with Gasteiger partial charge in [0.15, 0.2) is 0 Å². The molecule has 2 N–H and O–H groups in total. The highest BCUT2D eigenvalue weighted by atomic mass is 32.2. The Balaban J connectivity index is 1.55. The van der Waals surface area contributed by atoms with Crippen LogP contribution in [-0.4, -0.2) is 23.8 Å². The third-order valence-corrected chi connectivity index (χ3v) is 8.40. The SMILES string of the molecule is O=[PH](O)OCCCNCc1cc(C(F)(F)F)c(SCCCCC2(c3ccccc3F)CCCC2)cc1F. The second kappa shape index (κ2) is 14.1. The van der Waals surface area contributed by atoms with Crippen LogP contribution in [0.2, 0.25) is 0 Å². The second-order valence-corrected chi connectivity index (χ2v) is 11.3. The number of hydrogen-bond acceptors (Lipinski definition) is 4. The van der Waals surface area contributed by atoms with Crippen LogP contribution in [0.4, 0.5) is 22.0 Å². The van der Waals surface area contributed by atoms with Crippen molar-refractivity contribution in [3.63, 3.8) is 0 Å². The molecule has 37 heavy (non-hydrogen) atoms. The molecule has 3 rings (SSSR count). The van der Waals surface area contributed by atoms with Crippen LogP contribution in [-0.2, 0) is 27.2 Å². The molecule has 1 aliphatic carbocycles. The Hall–Kier alpha value is -1.45. The van der Waals surface area contributed by atoms with Crippen molar-refractivity contribution in [2.45, 2.75) is 74.4 Å². The van der Waals surface area contributed by atoms with Crippen molar-refractivity contribution in [1.29, 1.82) is 0 Å². The van der Waals surface area contributed by atoms with Crippen LogP contribution in [0.3, 0.4) is 0 Å². The van der Waals surface area contributed by atoms with Gasteiger partial charge in [0.1, 0.15) is 11.6 Å². The molecule has 0 heterocycles. The maximum Gasteiger partial charge on any atom is 0.417 e. The van der Waals surface area contributed by atoms with Gasteiger partial charge in [-0.25, -0.2) is 8.78 Å². The van der Waals surface area contributed by atoms with Crippen LogP contribution in [0.15, 0.2) is 41.3 Å².